The van der Waals surface area contributed by atoms with Gasteiger partial charge in [-0.05, 0) is 46.5 Å². The van der Waals surface area contributed by atoms with Crippen molar-refractivity contribution in [3.8, 4) is 5.75 Å². The van der Waals surface area contributed by atoms with E-state index in [1.165, 1.54) is 0 Å². The molecular weight excluding hydrogens is 325 g/mol. The van der Waals surface area contributed by atoms with Crippen LogP contribution in [0.4, 0.5) is 13.2 Å². The molecule has 1 nitrogen and oxygen atoms in total. The van der Waals surface area contributed by atoms with Crippen molar-refractivity contribution in [3.05, 3.63) is 40.2 Å². The van der Waals surface area contributed by atoms with E-state index in [4.69, 9.17) is 4.74 Å². The molecule has 4 heteroatoms. The van der Waals surface area contributed by atoms with Gasteiger partial charge in [-0.2, -0.15) is 0 Å². The van der Waals surface area contributed by atoms with Crippen LogP contribution in [-0.2, 0) is 6.42 Å². The molecule has 0 unspecified atom stereocenters. The molecule has 0 fully saturated rings. The van der Waals surface area contributed by atoms with E-state index in [1.54, 1.807) is 0 Å². The molecule has 1 aliphatic carbocycles. The quantitative estimate of drug-likeness (QED) is 0.344. The maximum Gasteiger partial charge on any atom is 0.171 e. The molecule has 2 aliphatic rings. The van der Waals surface area contributed by atoms with Crippen molar-refractivity contribution in [2.75, 3.05) is 0 Å². The summed E-state index contributed by atoms with van der Waals surface area (Å²) in [4.78, 5) is 0. The lowest BCUT2D eigenvalue weighted by molar-refractivity contribution is 0.00561. The average Bonchev–Trinajstić information content (AvgIpc) is 2.55. The van der Waals surface area contributed by atoms with Gasteiger partial charge in [-0.25, -0.2) is 13.2 Å². The van der Waals surface area contributed by atoms with Crippen LogP contribution in [0.25, 0.3) is 0 Å². The number of rotatable bonds is 4. The Hall–Kier alpha value is -1.45. The lowest BCUT2D eigenvalue weighted by atomic mass is 9.68. The number of hydrogen-bond acceptors (Lipinski definition) is 1. The maximum atomic E-state index is 15.1. The molecule has 138 valence electrons. The van der Waals surface area contributed by atoms with Crippen LogP contribution in [0.1, 0.15) is 76.8 Å². The lowest BCUT2D eigenvalue weighted by Crippen LogP contribution is -2.46. The third-order valence-corrected chi connectivity index (χ3v) is 5.77. The summed E-state index contributed by atoms with van der Waals surface area (Å²) in [5.74, 6) is -3.08. The second kappa shape index (κ2) is 6.69. The van der Waals surface area contributed by atoms with Crippen LogP contribution in [0.3, 0.4) is 0 Å². The van der Waals surface area contributed by atoms with Crippen LogP contribution in [0.2, 0.25) is 0 Å². The second-order valence-electron chi connectivity index (χ2n) is 8.01. The predicted molar refractivity (Wildman–Crippen MR) is 93.5 cm³/mol. The maximum absolute atomic E-state index is 15.1. The Balaban J connectivity index is 2.14. The molecule has 0 N–H and O–H groups in total. The van der Waals surface area contributed by atoms with Gasteiger partial charge in [0.25, 0.3) is 0 Å². The molecule has 2 atom stereocenters. The highest BCUT2D eigenvalue weighted by Crippen LogP contribution is 2.53. The van der Waals surface area contributed by atoms with Crippen LogP contribution in [0.5, 0.6) is 5.75 Å². The van der Waals surface area contributed by atoms with E-state index >= 15 is 4.39 Å². The summed E-state index contributed by atoms with van der Waals surface area (Å²) >= 11 is 0. The highest BCUT2D eigenvalue weighted by Gasteiger charge is 2.47. The highest BCUT2D eigenvalue weighted by atomic mass is 19.2. The lowest BCUT2D eigenvalue weighted by Gasteiger charge is -2.46. The van der Waals surface area contributed by atoms with Gasteiger partial charge in [0, 0.05) is 23.0 Å². The Morgan fingerprint density at radius 1 is 1.12 bits per heavy atom. The third-order valence-electron chi connectivity index (χ3n) is 5.77. The Morgan fingerprint density at radius 3 is 2.52 bits per heavy atom. The minimum atomic E-state index is -1.04. The number of unbranched alkanes of at least 4 members (excludes halogenated alkanes) is 2. The number of halogens is 3. The van der Waals surface area contributed by atoms with Gasteiger partial charge in [-0.3, -0.25) is 0 Å². The molecule has 3 rings (SSSR count). The minimum Gasteiger partial charge on any atom is -0.484 e. The van der Waals surface area contributed by atoms with Crippen molar-refractivity contribution >= 4 is 0 Å². The van der Waals surface area contributed by atoms with Crippen LogP contribution < -0.4 is 4.74 Å². The Bertz CT molecular complexity index is 706. The third kappa shape index (κ3) is 3.09. The molecule has 0 radical (unpaired) electrons. The summed E-state index contributed by atoms with van der Waals surface area (Å²) in [7, 11) is 0. The summed E-state index contributed by atoms with van der Waals surface area (Å²) in [5.41, 5.74) is 0.422. The first kappa shape index (κ1) is 18.3. The zero-order valence-electron chi connectivity index (χ0n) is 15.5. The van der Waals surface area contributed by atoms with E-state index in [0.717, 1.165) is 31.3 Å². The standard InChI is InChI=1S/C21H27F3O/c1-5-6-7-8-13-17(22)19(24)16-14-11-12(2)9-10-15(14)21(3,4)25-20(16)18(13)23/h11,14-15H,5-10H2,1-4H3/t14-,15+/m1/s1. The number of ether oxygens (including phenoxy) is 1. The first-order chi connectivity index (χ1) is 11.8. The molecule has 0 saturated carbocycles. The zero-order valence-corrected chi connectivity index (χ0v) is 15.5. The van der Waals surface area contributed by atoms with Crippen LogP contribution in [0, 0.1) is 23.4 Å². The van der Waals surface area contributed by atoms with E-state index < -0.39 is 23.1 Å². The van der Waals surface area contributed by atoms with Crippen molar-refractivity contribution in [2.45, 2.75) is 77.7 Å². The monoisotopic (exact) mass is 352 g/mol. The topological polar surface area (TPSA) is 9.23 Å². The largest absolute Gasteiger partial charge is 0.484 e. The molecule has 0 spiro atoms. The van der Waals surface area contributed by atoms with Crippen molar-refractivity contribution in [2.24, 2.45) is 5.92 Å². The van der Waals surface area contributed by atoms with E-state index in [-0.39, 0.29) is 35.1 Å². The average molecular weight is 352 g/mol. The van der Waals surface area contributed by atoms with Crippen molar-refractivity contribution in [1.29, 1.82) is 0 Å². The van der Waals surface area contributed by atoms with Gasteiger partial charge in [0.05, 0.1) is 0 Å². The fourth-order valence-corrected chi connectivity index (χ4v) is 4.34. The van der Waals surface area contributed by atoms with Gasteiger partial charge >= 0.3 is 0 Å². The van der Waals surface area contributed by atoms with Gasteiger partial charge in [0.2, 0.25) is 0 Å². The molecular formula is C21H27F3O. The minimum absolute atomic E-state index is 0.0166. The highest BCUT2D eigenvalue weighted by molar-refractivity contribution is 5.49. The molecule has 0 amide bonds. The van der Waals surface area contributed by atoms with Crippen molar-refractivity contribution < 1.29 is 17.9 Å². The fourth-order valence-electron chi connectivity index (χ4n) is 4.34. The second-order valence-corrected chi connectivity index (χ2v) is 8.01. The molecule has 1 aromatic rings. The Kier molecular flexibility index (Phi) is 4.91. The number of hydrogen-bond donors (Lipinski definition) is 0. The normalized spacial score (nSPS) is 24.2. The summed E-state index contributed by atoms with van der Waals surface area (Å²) in [6, 6.07) is 0. The first-order valence-electron chi connectivity index (χ1n) is 9.33. The number of benzene rings is 1. The molecule has 1 aliphatic heterocycles. The summed E-state index contributed by atoms with van der Waals surface area (Å²) < 4.78 is 50.6. The van der Waals surface area contributed by atoms with Gasteiger partial charge in [-0.15, -0.1) is 0 Å². The smallest absolute Gasteiger partial charge is 0.171 e. The van der Waals surface area contributed by atoms with Crippen LogP contribution >= 0.6 is 0 Å². The van der Waals surface area contributed by atoms with E-state index in [9.17, 15) is 8.78 Å². The molecule has 25 heavy (non-hydrogen) atoms. The summed E-state index contributed by atoms with van der Waals surface area (Å²) in [5, 5.41) is 0. The number of allylic oxidation sites excluding steroid dienone is 2. The fraction of sp³-hybridized carbons (Fsp3) is 0.619. The van der Waals surface area contributed by atoms with Crippen LogP contribution in [0.15, 0.2) is 11.6 Å². The Labute approximate surface area is 148 Å². The van der Waals surface area contributed by atoms with Gasteiger partial charge in [-0.1, -0.05) is 31.4 Å². The van der Waals surface area contributed by atoms with Crippen LogP contribution in [-0.4, -0.2) is 5.60 Å². The molecule has 1 heterocycles. The predicted octanol–water partition coefficient (Wildman–Crippen LogP) is 6.45. The zero-order chi connectivity index (χ0) is 18.4. The van der Waals surface area contributed by atoms with Crippen molar-refractivity contribution in [3.63, 3.8) is 0 Å². The summed E-state index contributed by atoms with van der Waals surface area (Å²) in [6.07, 6.45) is 6.34. The van der Waals surface area contributed by atoms with E-state index in [2.05, 4.69) is 0 Å². The SMILES string of the molecule is CCCCCc1c(F)c(F)c2c(c1F)OC(C)(C)[C@H]1CCC(C)=C[C@@H]21. The number of fused-ring (bicyclic) bond motifs is 3. The molecule has 0 aromatic heterocycles. The van der Waals surface area contributed by atoms with Gasteiger partial charge in [0.1, 0.15) is 5.60 Å². The molecule has 1 aromatic carbocycles. The summed E-state index contributed by atoms with van der Waals surface area (Å²) in [6.45, 7) is 7.84. The molecule has 0 bridgehead atoms. The first-order valence-corrected chi connectivity index (χ1v) is 9.33. The van der Waals surface area contributed by atoms with E-state index in [1.807, 2.05) is 33.8 Å². The Morgan fingerprint density at radius 2 is 1.84 bits per heavy atom. The van der Waals surface area contributed by atoms with E-state index in [0.29, 0.717) is 6.42 Å². The van der Waals surface area contributed by atoms with Gasteiger partial charge < -0.3 is 4.74 Å². The molecule has 0 saturated heterocycles. The van der Waals surface area contributed by atoms with Crippen molar-refractivity contribution in [1.82, 2.24) is 0 Å². The van der Waals surface area contributed by atoms with Gasteiger partial charge in [0.15, 0.2) is 23.2 Å².